The van der Waals surface area contributed by atoms with Gasteiger partial charge in [0.15, 0.2) is 0 Å². The second-order valence-corrected chi connectivity index (χ2v) is 13.1. The summed E-state index contributed by atoms with van der Waals surface area (Å²) in [6, 6.07) is 7.64. The largest absolute Gasteiger partial charge is 0.495 e. The third-order valence-electron chi connectivity index (χ3n) is 5.98. The summed E-state index contributed by atoms with van der Waals surface area (Å²) in [4.78, 5) is 13.2. The number of hydrogen-bond donors (Lipinski definition) is 1. The zero-order valence-electron chi connectivity index (χ0n) is 18.3. The molecular formula is C21H27N3O6S3. The van der Waals surface area contributed by atoms with Crippen molar-refractivity contribution in [3.8, 4) is 5.75 Å². The van der Waals surface area contributed by atoms with Crippen LogP contribution in [-0.4, -0.2) is 64.6 Å². The van der Waals surface area contributed by atoms with E-state index >= 15 is 0 Å². The Labute approximate surface area is 198 Å². The minimum atomic E-state index is -3.66. The van der Waals surface area contributed by atoms with Crippen LogP contribution in [0.25, 0.3) is 0 Å². The summed E-state index contributed by atoms with van der Waals surface area (Å²) in [7, 11) is -5.86. The zero-order valence-corrected chi connectivity index (χ0v) is 20.7. The molecule has 180 valence electrons. The smallest absolute Gasteiger partial charge is 0.252 e. The van der Waals surface area contributed by atoms with E-state index in [1.54, 1.807) is 17.5 Å². The SMILES string of the molecule is COc1ccc(S(=O)(=O)N2CCCC2)cc1NC(=O)[C@@H]1CCCN(S(=O)(=O)c2cccs2)C1. The van der Waals surface area contributed by atoms with Crippen molar-refractivity contribution in [3.05, 3.63) is 35.7 Å². The molecule has 1 N–H and O–H groups in total. The molecule has 1 amide bonds. The fraction of sp³-hybridized carbons (Fsp3) is 0.476. The van der Waals surface area contributed by atoms with Crippen molar-refractivity contribution in [3.63, 3.8) is 0 Å². The average molecular weight is 514 g/mol. The van der Waals surface area contributed by atoms with E-state index in [0.29, 0.717) is 38.2 Å². The molecule has 2 aromatic rings. The van der Waals surface area contributed by atoms with Crippen molar-refractivity contribution in [1.29, 1.82) is 0 Å². The molecule has 2 aliphatic heterocycles. The van der Waals surface area contributed by atoms with Crippen LogP contribution < -0.4 is 10.1 Å². The van der Waals surface area contributed by atoms with Crippen LogP contribution in [-0.2, 0) is 24.8 Å². The summed E-state index contributed by atoms with van der Waals surface area (Å²) in [5.74, 6) is -0.588. The van der Waals surface area contributed by atoms with Gasteiger partial charge in [0.25, 0.3) is 10.0 Å². The van der Waals surface area contributed by atoms with Crippen LogP contribution in [0.1, 0.15) is 25.7 Å². The number of thiophene rings is 1. The topological polar surface area (TPSA) is 113 Å². The van der Waals surface area contributed by atoms with Gasteiger partial charge in [-0.15, -0.1) is 11.3 Å². The Morgan fingerprint density at radius 2 is 1.76 bits per heavy atom. The van der Waals surface area contributed by atoms with Gasteiger partial charge < -0.3 is 10.1 Å². The predicted octanol–water partition coefficient (Wildman–Crippen LogP) is 2.58. The first-order chi connectivity index (χ1) is 15.7. The first kappa shape index (κ1) is 24.1. The van der Waals surface area contributed by atoms with Crippen LogP contribution >= 0.6 is 11.3 Å². The van der Waals surface area contributed by atoms with Gasteiger partial charge in [-0.2, -0.15) is 8.61 Å². The van der Waals surface area contributed by atoms with E-state index in [9.17, 15) is 21.6 Å². The highest BCUT2D eigenvalue weighted by Crippen LogP contribution is 2.32. The molecule has 0 spiro atoms. The number of anilines is 1. The molecule has 0 unspecified atom stereocenters. The lowest BCUT2D eigenvalue weighted by Crippen LogP contribution is -2.43. The molecule has 1 aromatic heterocycles. The molecule has 1 aromatic carbocycles. The Morgan fingerprint density at radius 3 is 2.42 bits per heavy atom. The Hall–Kier alpha value is -1.99. The highest BCUT2D eigenvalue weighted by molar-refractivity contribution is 7.91. The van der Waals surface area contributed by atoms with Gasteiger partial charge in [-0.25, -0.2) is 16.8 Å². The predicted molar refractivity (Wildman–Crippen MR) is 125 cm³/mol. The molecular weight excluding hydrogens is 486 g/mol. The number of rotatable bonds is 7. The number of benzene rings is 1. The molecule has 33 heavy (non-hydrogen) atoms. The molecule has 2 aliphatic rings. The maximum absolute atomic E-state index is 13.1. The monoisotopic (exact) mass is 513 g/mol. The normalized spacial score (nSPS) is 20.6. The van der Waals surface area contributed by atoms with E-state index in [4.69, 9.17) is 4.74 Å². The van der Waals surface area contributed by atoms with E-state index in [2.05, 4.69) is 5.32 Å². The highest BCUT2D eigenvalue weighted by Gasteiger charge is 2.34. The summed E-state index contributed by atoms with van der Waals surface area (Å²) in [6.07, 6.45) is 2.75. The number of nitrogens with zero attached hydrogens (tertiary/aromatic N) is 2. The first-order valence-corrected chi connectivity index (χ1v) is 14.5. The molecule has 9 nitrogen and oxygen atoms in total. The molecule has 0 bridgehead atoms. The first-order valence-electron chi connectivity index (χ1n) is 10.8. The van der Waals surface area contributed by atoms with Gasteiger partial charge in [0.2, 0.25) is 15.9 Å². The lowest BCUT2D eigenvalue weighted by molar-refractivity contribution is -0.120. The number of nitrogens with one attached hydrogen (secondary N) is 1. The highest BCUT2D eigenvalue weighted by atomic mass is 32.2. The second kappa shape index (κ2) is 9.71. The number of sulfonamides is 2. The van der Waals surface area contributed by atoms with Crippen LogP contribution in [0, 0.1) is 5.92 Å². The zero-order chi connectivity index (χ0) is 23.6. The van der Waals surface area contributed by atoms with Gasteiger partial charge in [0.1, 0.15) is 9.96 Å². The summed E-state index contributed by atoms with van der Waals surface area (Å²) >= 11 is 1.15. The number of piperidine rings is 1. The summed E-state index contributed by atoms with van der Waals surface area (Å²) in [5.41, 5.74) is 0.251. The minimum absolute atomic E-state index is 0.0696. The molecule has 12 heteroatoms. The third-order valence-corrected chi connectivity index (χ3v) is 11.1. The van der Waals surface area contributed by atoms with Gasteiger partial charge in [0.05, 0.1) is 23.6 Å². The lowest BCUT2D eigenvalue weighted by Gasteiger charge is -2.31. The van der Waals surface area contributed by atoms with Crippen LogP contribution in [0.2, 0.25) is 0 Å². The number of amides is 1. The van der Waals surface area contributed by atoms with Crippen molar-refractivity contribution in [2.75, 3.05) is 38.6 Å². The van der Waals surface area contributed by atoms with Gasteiger partial charge in [-0.3, -0.25) is 4.79 Å². The summed E-state index contributed by atoms with van der Waals surface area (Å²) in [5, 5.41) is 4.48. The molecule has 2 fully saturated rings. The second-order valence-electron chi connectivity index (χ2n) is 8.10. The van der Waals surface area contributed by atoms with Gasteiger partial charge in [-0.1, -0.05) is 6.07 Å². The standard InChI is InChI=1S/C21H27N3O6S3/c1-30-19-9-8-17(32(26,27)23-10-2-3-11-23)14-18(19)22-21(25)16-6-4-12-24(15-16)33(28,29)20-7-5-13-31-20/h5,7-9,13-14,16H,2-4,6,10-12,15H2,1H3,(H,22,25)/t16-/m1/s1. The van der Waals surface area contributed by atoms with E-state index in [1.165, 1.54) is 33.9 Å². The average Bonchev–Trinajstić information content (AvgIpc) is 3.54. The van der Waals surface area contributed by atoms with Gasteiger partial charge in [-0.05, 0) is 55.3 Å². The number of hydrogen-bond acceptors (Lipinski definition) is 7. The van der Waals surface area contributed by atoms with E-state index in [0.717, 1.165) is 24.2 Å². The number of carbonyl (C=O) groups is 1. The molecule has 0 saturated carbocycles. The number of methoxy groups -OCH3 is 1. The quantitative estimate of drug-likeness (QED) is 0.609. The molecule has 0 aliphatic carbocycles. The van der Waals surface area contributed by atoms with Crippen LogP contribution in [0.15, 0.2) is 44.8 Å². The summed E-state index contributed by atoms with van der Waals surface area (Å²) in [6.45, 7) is 1.39. The number of ether oxygens (including phenoxy) is 1. The van der Waals surface area contributed by atoms with Crippen molar-refractivity contribution in [1.82, 2.24) is 8.61 Å². The molecule has 4 rings (SSSR count). The molecule has 1 atom stereocenters. The maximum Gasteiger partial charge on any atom is 0.252 e. The van der Waals surface area contributed by atoms with Crippen molar-refractivity contribution < 1.29 is 26.4 Å². The van der Waals surface area contributed by atoms with Crippen molar-refractivity contribution in [2.24, 2.45) is 5.92 Å². The fourth-order valence-corrected chi connectivity index (χ4v) is 8.38. The molecule has 2 saturated heterocycles. The van der Waals surface area contributed by atoms with Crippen LogP contribution in [0.4, 0.5) is 5.69 Å². The van der Waals surface area contributed by atoms with Crippen molar-refractivity contribution in [2.45, 2.75) is 34.8 Å². The third kappa shape index (κ3) is 4.94. The Bertz CT molecular complexity index is 1210. The van der Waals surface area contributed by atoms with Crippen LogP contribution in [0.3, 0.4) is 0 Å². The molecule has 3 heterocycles. The fourth-order valence-electron chi connectivity index (χ4n) is 4.17. The van der Waals surface area contributed by atoms with E-state index in [1.807, 2.05) is 0 Å². The Balaban J connectivity index is 1.53. The summed E-state index contributed by atoms with van der Waals surface area (Å²) < 4.78 is 60.0. The van der Waals surface area contributed by atoms with Gasteiger partial charge in [0, 0.05) is 26.2 Å². The van der Waals surface area contributed by atoms with Crippen LogP contribution in [0.5, 0.6) is 5.75 Å². The Kier molecular flexibility index (Phi) is 7.10. The lowest BCUT2D eigenvalue weighted by atomic mass is 9.98. The van der Waals surface area contributed by atoms with E-state index in [-0.39, 0.29) is 27.2 Å². The number of carbonyl (C=O) groups excluding carboxylic acids is 1. The van der Waals surface area contributed by atoms with Gasteiger partial charge >= 0.3 is 0 Å². The maximum atomic E-state index is 13.1. The van der Waals surface area contributed by atoms with Crippen molar-refractivity contribution >= 4 is 43.0 Å². The molecule has 0 radical (unpaired) electrons. The Morgan fingerprint density at radius 1 is 1.03 bits per heavy atom. The van der Waals surface area contributed by atoms with E-state index < -0.39 is 26.0 Å². The minimum Gasteiger partial charge on any atom is -0.495 e.